The van der Waals surface area contributed by atoms with Crippen LogP contribution in [0.4, 0.5) is 5.82 Å². The smallest absolute Gasteiger partial charge is 0.236 e. The number of nitrogens with one attached hydrogen (secondary N) is 1. The molecule has 0 saturated heterocycles. The molecule has 0 spiro atoms. The zero-order valence-electron chi connectivity index (χ0n) is 13.3. The van der Waals surface area contributed by atoms with Crippen molar-refractivity contribution in [2.75, 3.05) is 19.4 Å². The van der Waals surface area contributed by atoms with Crippen molar-refractivity contribution in [1.29, 1.82) is 0 Å². The Labute approximate surface area is 134 Å². The van der Waals surface area contributed by atoms with Crippen LogP contribution in [0.2, 0.25) is 0 Å². The summed E-state index contributed by atoms with van der Waals surface area (Å²) in [6.45, 7) is 3.70. The summed E-state index contributed by atoms with van der Waals surface area (Å²) in [6.07, 6.45) is 0.872. The summed E-state index contributed by atoms with van der Waals surface area (Å²) in [4.78, 5) is 9.32. The standard InChI is InChI=1S/C17H19N5O/c1-10-8-11-14(4-3-5-15(11)23-2)22(10)17-20-13-6-7-19-9-12(13)16(18)21-17/h3-5,8,19H,6-7,9H2,1-2H3,(H2,18,20,21). The SMILES string of the molecule is COc1cccc2c1cc(C)n2-c1nc(N)c2c(n1)CCNC2. The fourth-order valence-electron chi connectivity index (χ4n) is 3.24. The second-order valence-corrected chi connectivity index (χ2v) is 5.78. The molecule has 3 N–H and O–H groups in total. The van der Waals surface area contributed by atoms with Gasteiger partial charge in [-0.15, -0.1) is 0 Å². The Bertz CT molecular complexity index is 900. The second kappa shape index (κ2) is 5.24. The molecule has 0 unspecified atom stereocenters. The fraction of sp³-hybridized carbons (Fsp3) is 0.294. The number of nitrogens with zero attached hydrogens (tertiary/aromatic N) is 3. The van der Waals surface area contributed by atoms with Crippen molar-refractivity contribution >= 4 is 16.7 Å². The third-order valence-corrected chi connectivity index (χ3v) is 4.36. The van der Waals surface area contributed by atoms with Crippen LogP contribution in [0.5, 0.6) is 5.75 Å². The zero-order valence-corrected chi connectivity index (χ0v) is 13.3. The number of benzene rings is 1. The highest BCUT2D eigenvalue weighted by Crippen LogP contribution is 2.30. The number of rotatable bonds is 2. The lowest BCUT2D eigenvalue weighted by Gasteiger charge is -2.19. The van der Waals surface area contributed by atoms with Crippen LogP contribution in [0.1, 0.15) is 17.0 Å². The summed E-state index contributed by atoms with van der Waals surface area (Å²) in [5.41, 5.74) is 10.3. The molecule has 6 heteroatoms. The first kappa shape index (κ1) is 14.0. The maximum atomic E-state index is 6.17. The Morgan fingerprint density at radius 3 is 3.00 bits per heavy atom. The molecule has 0 aliphatic carbocycles. The molecule has 3 aromatic rings. The van der Waals surface area contributed by atoms with Crippen LogP contribution in [-0.2, 0) is 13.0 Å². The van der Waals surface area contributed by atoms with Crippen LogP contribution in [0.25, 0.3) is 16.9 Å². The van der Waals surface area contributed by atoms with Gasteiger partial charge in [-0.05, 0) is 25.1 Å². The van der Waals surface area contributed by atoms with E-state index in [0.29, 0.717) is 11.8 Å². The third-order valence-electron chi connectivity index (χ3n) is 4.36. The van der Waals surface area contributed by atoms with Crippen molar-refractivity contribution in [3.63, 3.8) is 0 Å². The van der Waals surface area contributed by atoms with E-state index in [-0.39, 0.29) is 0 Å². The molecule has 6 nitrogen and oxygen atoms in total. The summed E-state index contributed by atoms with van der Waals surface area (Å²) >= 11 is 0. The van der Waals surface area contributed by atoms with E-state index < -0.39 is 0 Å². The van der Waals surface area contributed by atoms with Crippen molar-refractivity contribution in [3.8, 4) is 11.7 Å². The van der Waals surface area contributed by atoms with Gasteiger partial charge in [0.1, 0.15) is 11.6 Å². The molecule has 0 radical (unpaired) electrons. The molecule has 0 atom stereocenters. The van der Waals surface area contributed by atoms with E-state index in [9.17, 15) is 0 Å². The number of ether oxygens (including phenoxy) is 1. The van der Waals surface area contributed by atoms with Crippen molar-refractivity contribution in [2.45, 2.75) is 19.9 Å². The highest BCUT2D eigenvalue weighted by atomic mass is 16.5. The molecule has 0 bridgehead atoms. The van der Waals surface area contributed by atoms with Crippen LogP contribution in [0, 0.1) is 6.92 Å². The Hall–Kier alpha value is -2.60. The topological polar surface area (TPSA) is 78.0 Å². The number of methoxy groups -OCH3 is 1. The van der Waals surface area contributed by atoms with Gasteiger partial charge in [0, 0.05) is 36.2 Å². The summed E-state index contributed by atoms with van der Waals surface area (Å²) < 4.78 is 7.50. The molecule has 0 fully saturated rings. The van der Waals surface area contributed by atoms with Crippen molar-refractivity contribution < 1.29 is 4.74 Å². The molecular formula is C17H19N5O. The number of aryl methyl sites for hydroxylation is 1. The predicted octanol–water partition coefficient (Wildman–Crippen LogP) is 1.97. The number of nitrogens with two attached hydrogens (primary N) is 1. The van der Waals surface area contributed by atoms with Gasteiger partial charge in [-0.3, -0.25) is 4.57 Å². The van der Waals surface area contributed by atoms with E-state index in [2.05, 4.69) is 16.4 Å². The molecule has 1 aliphatic heterocycles. The van der Waals surface area contributed by atoms with Gasteiger partial charge >= 0.3 is 0 Å². The van der Waals surface area contributed by atoms with Gasteiger partial charge < -0.3 is 15.8 Å². The lowest BCUT2D eigenvalue weighted by atomic mass is 10.1. The van der Waals surface area contributed by atoms with E-state index in [1.54, 1.807) is 7.11 Å². The number of nitrogen functional groups attached to an aromatic ring is 1. The van der Waals surface area contributed by atoms with E-state index in [0.717, 1.165) is 53.1 Å². The number of aromatic nitrogens is 3. The molecular weight excluding hydrogens is 290 g/mol. The van der Waals surface area contributed by atoms with Gasteiger partial charge in [0.05, 0.1) is 18.3 Å². The fourth-order valence-corrected chi connectivity index (χ4v) is 3.24. The minimum Gasteiger partial charge on any atom is -0.496 e. The average molecular weight is 309 g/mol. The number of hydrogen-bond acceptors (Lipinski definition) is 5. The summed E-state index contributed by atoms with van der Waals surface area (Å²) in [5, 5.41) is 4.36. The van der Waals surface area contributed by atoms with Crippen LogP contribution in [-0.4, -0.2) is 28.2 Å². The van der Waals surface area contributed by atoms with Crippen LogP contribution < -0.4 is 15.8 Å². The Morgan fingerprint density at radius 1 is 1.30 bits per heavy atom. The van der Waals surface area contributed by atoms with E-state index >= 15 is 0 Å². The third kappa shape index (κ3) is 2.14. The first-order valence-corrected chi connectivity index (χ1v) is 7.70. The maximum absolute atomic E-state index is 6.17. The van der Waals surface area contributed by atoms with Gasteiger partial charge in [0.25, 0.3) is 0 Å². The summed E-state index contributed by atoms with van der Waals surface area (Å²) in [7, 11) is 1.68. The zero-order chi connectivity index (χ0) is 16.0. The first-order valence-electron chi connectivity index (χ1n) is 7.70. The van der Waals surface area contributed by atoms with Crippen molar-refractivity contribution in [3.05, 3.63) is 41.2 Å². The molecule has 23 heavy (non-hydrogen) atoms. The Kier molecular flexibility index (Phi) is 3.20. The number of hydrogen-bond donors (Lipinski definition) is 2. The highest BCUT2D eigenvalue weighted by Gasteiger charge is 2.19. The minimum absolute atomic E-state index is 0.557. The largest absolute Gasteiger partial charge is 0.496 e. The van der Waals surface area contributed by atoms with Crippen molar-refractivity contribution in [2.24, 2.45) is 0 Å². The number of fused-ring (bicyclic) bond motifs is 2. The molecule has 4 rings (SSSR count). The quantitative estimate of drug-likeness (QED) is 0.756. The molecule has 2 aromatic heterocycles. The molecule has 118 valence electrons. The minimum atomic E-state index is 0.557. The monoisotopic (exact) mass is 309 g/mol. The predicted molar refractivity (Wildman–Crippen MR) is 90.0 cm³/mol. The second-order valence-electron chi connectivity index (χ2n) is 5.78. The van der Waals surface area contributed by atoms with Gasteiger partial charge in [0.2, 0.25) is 5.95 Å². The Morgan fingerprint density at radius 2 is 2.17 bits per heavy atom. The van der Waals surface area contributed by atoms with Gasteiger partial charge in [-0.25, -0.2) is 4.98 Å². The maximum Gasteiger partial charge on any atom is 0.236 e. The van der Waals surface area contributed by atoms with Crippen molar-refractivity contribution in [1.82, 2.24) is 19.9 Å². The molecule has 0 saturated carbocycles. The van der Waals surface area contributed by atoms with Gasteiger partial charge in [0.15, 0.2) is 0 Å². The molecule has 3 heterocycles. The first-order chi connectivity index (χ1) is 11.2. The normalized spacial score (nSPS) is 14.0. The van der Waals surface area contributed by atoms with E-state index in [1.165, 1.54) is 0 Å². The summed E-state index contributed by atoms with van der Waals surface area (Å²) in [6, 6.07) is 8.07. The van der Waals surface area contributed by atoms with E-state index in [1.807, 2.05) is 29.7 Å². The van der Waals surface area contributed by atoms with Gasteiger partial charge in [-0.2, -0.15) is 4.98 Å². The van der Waals surface area contributed by atoms with Gasteiger partial charge in [-0.1, -0.05) is 6.07 Å². The molecule has 0 amide bonds. The molecule has 1 aliphatic rings. The van der Waals surface area contributed by atoms with Crippen LogP contribution >= 0.6 is 0 Å². The Balaban J connectivity index is 1.96. The van der Waals surface area contributed by atoms with Crippen LogP contribution in [0.15, 0.2) is 24.3 Å². The lowest BCUT2D eigenvalue weighted by molar-refractivity contribution is 0.420. The highest BCUT2D eigenvalue weighted by molar-refractivity contribution is 5.88. The lowest BCUT2D eigenvalue weighted by Crippen LogP contribution is -2.27. The van der Waals surface area contributed by atoms with Crippen LogP contribution in [0.3, 0.4) is 0 Å². The molecule has 1 aromatic carbocycles. The van der Waals surface area contributed by atoms with E-state index in [4.69, 9.17) is 15.5 Å². The summed E-state index contributed by atoms with van der Waals surface area (Å²) in [5.74, 6) is 2.03. The average Bonchev–Trinajstić information content (AvgIpc) is 2.90. The number of anilines is 1.